The van der Waals surface area contributed by atoms with Crippen molar-refractivity contribution in [3.05, 3.63) is 48.3 Å². The van der Waals surface area contributed by atoms with Crippen LogP contribution in [0, 0.1) is 12.3 Å². The van der Waals surface area contributed by atoms with E-state index < -0.39 is 0 Å². The van der Waals surface area contributed by atoms with Crippen LogP contribution in [0.2, 0.25) is 0 Å². The molecule has 1 aromatic heterocycles. The van der Waals surface area contributed by atoms with Gasteiger partial charge in [-0.25, -0.2) is 15.4 Å². The van der Waals surface area contributed by atoms with E-state index in [0.717, 1.165) is 47.8 Å². The lowest BCUT2D eigenvalue weighted by Crippen LogP contribution is -2.21. The first-order valence-electron chi connectivity index (χ1n) is 10.8. The van der Waals surface area contributed by atoms with Crippen LogP contribution in [0.5, 0.6) is 11.5 Å². The summed E-state index contributed by atoms with van der Waals surface area (Å²) in [4.78, 5) is 24.7. The highest BCUT2D eigenvalue weighted by molar-refractivity contribution is 5.93. The summed E-state index contributed by atoms with van der Waals surface area (Å²) in [5.41, 5.74) is 4.67. The Hall–Kier alpha value is -3.83. The molecule has 8 nitrogen and oxygen atoms in total. The van der Waals surface area contributed by atoms with E-state index in [1.165, 1.54) is 13.4 Å². The highest BCUT2D eigenvalue weighted by Gasteiger charge is 2.12. The summed E-state index contributed by atoms with van der Waals surface area (Å²) in [5, 5.41) is 4.12. The van der Waals surface area contributed by atoms with Gasteiger partial charge in [-0.3, -0.25) is 9.63 Å². The second-order valence-corrected chi connectivity index (χ2v) is 7.33. The van der Waals surface area contributed by atoms with Crippen LogP contribution in [0.3, 0.4) is 0 Å². The average molecular weight is 449 g/mol. The summed E-state index contributed by atoms with van der Waals surface area (Å²) in [6, 6.07) is 11.3. The lowest BCUT2D eigenvalue weighted by molar-refractivity contribution is -0.131. The second-order valence-electron chi connectivity index (χ2n) is 7.33. The second kappa shape index (κ2) is 12.3. The number of nitrogens with zero attached hydrogens (tertiary/aromatic N) is 2. The third-order valence-electron chi connectivity index (χ3n) is 4.98. The van der Waals surface area contributed by atoms with Crippen LogP contribution in [0.15, 0.2) is 42.7 Å². The van der Waals surface area contributed by atoms with Crippen LogP contribution in [0.1, 0.15) is 37.7 Å². The van der Waals surface area contributed by atoms with Crippen molar-refractivity contribution in [3.8, 4) is 23.8 Å². The van der Waals surface area contributed by atoms with E-state index in [-0.39, 0.29) is 5.91 Å². The standard InChI is InChI=1S/C25H28N4O4/c1-4-18-10-9-11-19(14-18)28-25-20-15-23(22(31-2)16-21(20)26-17-27-25)33-13-8-6-5-7-12-24(30)29-32-3/h1,9-11,14-17H,5-8,12-13H2,2-3H3,(H,29,30)(H,26,27,28). The number of carbonyl (C=O) groups is 1. The van der Waals surface area contributed by atoms with Crippen molar-refractivity contribution in [2.45, 2.75) is 32.1 Å². The summed E-state index contributed by atoms with van der Waals surface area (Å²) in [6.07, 6.45) is 11.0. The van der Waals surface area contributed by atoms with Gasteiger partial charge in [-0.1, -0.05) is 24.8 Å². The zero-order chi connectivity index (χ0) is 23.5. The number of unbranched alkanes of at least 4 members (excludes halogenated alkanes) is 3. The molecule has 8 heteroatoms. The van der Waals surface area contributed by atoms with Crippen LogP contribution in [0.4, 0.5) is 11.5 Å². The average Bonchev–Trinajstić information content (AvgIpc) is 2.83. The Kier molecular flexibility index (Phi) is 8.86. The van der Waals surface area contributed by atoms with Gasteiger partial charge in [0.1, 0.15) is 12.1 Å². The van der Waals surface area contributed by atoms with Crippen molar-refractivity contribution >= 4 is 28.3 Å². The Morgan fingerprint density at radius 2 is 1.91 bits per heavy atom. The van der Waals surface area contributed by atoms with E-state index in [1.54, 1.807) is 7.11 Å². The molecule has 0 aliphatic rings. The van der Waals surface area contributed by atoms with Crippen LogP contribution < -0.4 is 20.3 Å². The van der Waals surface area contributed by atoms with Crippen molar-refractivity contribution in [2.75, 3.05) is 26.1 Å². The molecule has 172 valence electrons. The lowest BCUT2D eigenvalue weighted by Gasteiger charge is -2.14. The number of aromatic nitrogens is 2. The fraction of sp³-hybridized carbons (Fsp3) is 0.320. The van der Waals surface area contributed by atoms with Gasteiger partial charge in [0.05, 0.1) is 26.3 Å². The Morgan fingerprint density at radius 1 is 1.06 bits per heavy atom. The zero-order valence-electron chi connectivity index (χ0n) is 18.9. The number of nitrogens with one attached hydrogen (secondary N) is 2. The van der Waals surface area contributed by atoms with Gasteiger partial charge in [-0.05, 0) is 37.1 Å². The maximum Gasteiger partial charge on any atom is 0.243 e. The number of ether oxygens (including phenoxy) is 2. The number of terminal acetylenes is 1. The predicted molar refractivity (Wildman–Crippen MR) is 127 cm³/mol. The van der Waals surface area contributed by atoms with E-state index >= 15 is 0 Å². The third-order valence-corrected chi connectivity index (χ3v) is 4.98. The Bertz CT molecular complexity index is 1130. The van der Waals surface area contributed by atoms with Gasteiger partial charge in [-0.2, -0.15) is 0 Å². The van der Waals surface area contributed by atoms with Crippen LogP contribution >= 0.6 is 0 Å². The van der Waals surface area contributed by atoms with E-state index in [1.807, 2.05) is 36.4 Å². The first-order valence-corrected chi connectivity index (χ1v) is 10.8. The fourth-order valence-corrected chi connectivity index (χ4v) is 3.35. The van der Waals surface area contributed by atoms with Gasteiger partial charge in [0, 0.05) is 29.1 Å². The molecule has 2 aromatic carbocycles. The van der Waals surface area contributed by atoms with E-state index in [2.05, 4.69) is 31.5 Å². The molecule has 1 heterocycles. The summed E-state index contributed by atoms with van der Waals surface area (Å²) in [6.45, 7) is 0.535. The molecular weight excluding hydrogens is 420 g/mol. The van der Waals surface area contributed by atoms with Gasteiger partial charge in [-0.15, -0.1) is 6.42 Å². The number of hydrogen-bond acceptors (Lipinski definition) is 7. The number of rotatable bonds is 12. The SMILES string of the molecule is C#Cc1cccc(Nc2ncnc3cc(OC)c(OCCCCCCC(=O)NOC)cc23)c1. The first-order chi connectivity index (χ1) is 16.1. The minimum atomic E-state index is -0.104. The Morgan fingerprint density at radius 3 is 2.70 bits per heavy atom. The molecule has 0 spiro atoms. The fourth-order valence-electron chi connectivity index (χ4n) is 3.35. The summed E-state index contributed by atoms with van der Waals surface area (Å²) in [7, 11) is 3.03. The van der Waals surface area contributed by atoms with E-state index in [4.69, 9.17) is 15.9 Å². The number of hydroxylamine groups is 1. The normalized spacial score (nSPS) is 10.5. The molecule has 0 radical (unpaired) electrons. The predicted octanol–water partition coefficient (Wildman–Crippen LogP) is 4.37. The van der Waals surface area contributed by atoms with Crippen molar-refractivity contribution < 1.29 is 19.1 Å². The van der Waals surface area contributed by atoms with Crippen LogP contribution in [0.25, 0.3) is 10.9 Å². The molecular formula is C25H28N4O4. The van der Waals surface area contributed by atoms with Crippen molar-refractivity contribution in [1.82, 2.24) is 15.4 Å². The number of hydrogen-bond donors (Lipinski definition) is 2. The summed E-state index contributed by atoms with van der Waals surface area (Å²) >= 11 is 0. The quantitative estimate of drug-likeness (QED) is 0.241. The van der Waals surface area contributed by atoms with Gasteiger partial charge in [0.15, 0.2) is 11.5 Å². The molecule has 0 aliphatic carbocycles. The smallest absolute Gasteiger partial charge is 0.243 e. The number of benzene rings is 2. The molecule has 33 heavy (non-hydrogen) atoms. The maximum absolute atomic E-state index is 11.4. The topological polar surface area (TPSA) is 94.6 Å². The lowest BCUT2D eigenvalue weighted by atomic mass is 10.1. The van der Waals surface area contributed by atoms with Gasteiger partial charge >= 0.3 is 0 Å². The Balaban J connectivity index is 1.65. The van der Waals surface area contributed by atoms with E-state index in [9.17, 15) is 4.79 Å². The molecule has 0 saturated carbocycles. The molecule has 3 aromatic rings. The molecule has 0 atom stereocenters. The molecule has 2 N–H and O–H groups in total. The number of methoxy groups -OCH3 is 1. The third kappa shape index (κ3) is 6.82. The molecule has 0 bridgehead atoms. The summed E-state index contributed by atoms with van der Waals surface area (Å²) < 4.78 is 11.5. The minimum Gasteiger partial charge on any atom is -0.493 e. The van der Waals surface area contributed by atoms with E-state index in [0.29, 0.717) is 30.3 Å². The van der Waals surface area contributed by atoms with Gasteiger partial charge in [0.25, 0.3) is 0 Å². The largest absolute Gasteiger partial charge is 0.493 e. The molecule has 3 rings (SSSR count). The highest BCUT2D eigenvalue weighted by atomic mass is 16.6. The first kappa shape index (κ1) is 23.8. The molecule has 0 unspecified atom stereocenters. The number of anilines is 2. The monoisotopic (exact) mass is 448 g/mol. The van der Waals surface area contributed by atoms with Crippen molar-refractivity contribution in [2.24, 2.45) is 0 Å². The van der Waals surface area contributed by atoms with Crippen LogP contribution in [-0.2, 0) is 9.63 Å². The summed E-state index contributed by atoms with van der Waals surface area (Å²) in [5.74, 6) is 4.41. The highest BCUT2D eigenvalue weighted by Crippen LogP contribution is 2.35. The molecule has 0 fully saturated rings. The molecule has 0 aliphatic heterocycles. The maximum atomic E-state index is 11.4. The van der Waals surface area contributed by atoms with Gasteiger partial charge < -0.3 is 14.8 Å². The molecule has 0 saturated heterocycles. The molecule has 1 amide bonds. The minimum absolute atomic E-state index is 0.104. The van der Waals surface area contributed by atoms with Gasteiger partial charge in [0.2, 0.25) is 5.91 Å². The zero-order valence-corrected chi connectivity index (χ0v) is 18.9. The van der Waals surface area contributed by atoms with Crippen LogP contribution in [-0.4, -0.2) is 36.7 Å². The number of carbonyl (C=O) groups excluding carboxylic acids is 1. The number of amides is 1. The Labute approximate surface area is 193 Å². The van der Waals surface area contributed by atoms with Crippen molar-refractivity contribution in [1.29, 1.82) is 0 Å². The van der Waals surface area contributed by atoms with Crippen molar-refractivity contribution in [3.63, 3.8) is 0 Å². The number of fused-ring (bicyclic) bond motifs is 1.